The van der Waals surface area contributed by atoms with Gasteiger partial charge in [-0.25, -0.2) is 0 Å². The van der Waals surface area contributed by atoms with E-state index in [0.29, 0.717) is 12.1 Å². The third-order valence-electron chi connectivity index (χ3n) is 3.36. The molecule has 0 fully saturated rings. The first kappa shape index (κ1) is 16.4. The van der Waals surface area contributed by atoms with Crippen LogP contribution in [0, 0.1) is 0 Å². The van der Waals surface area contributed by atoms with Crippen molar-refractivity contribution < 1.29 is 9.59 Å². The average molecular weight is 309 g/mol. The lowest BCUT2D eigenvalue weighted by Gasteiger charge is -2.14. The van der Waals surface area contributed by atoms with Gasteiger partial charge in [0.2, 0.25) is 5.91 Å². The second kappa shape index (κ2) is 7.89. The summed E-state index contributed by atoms with van der Waals surface area (Å²) < 4.78 is 0. The van der Waals surface area contributed by atoms with Gasteiger partial charge in [0.1, 0.15) is 0 Å². The van der Waals surface area contributed by atoms with Crippen LogP contribution >= 0.6 is 0 Å². The molecule has 5 heteroatoms. The molecule has 0 unspecified atom stereocenters. The van der Waals surface area contributed by atoms with E-state index in [0.717, 1.165) is 11.1 Å². The number of likely N-dealkylation sites (N-methyl/N-ethyl adjacent to an activating group) is 1. The molecule has 2 aromatic rings. The van der Waals surface area contributed by atoms with Gasteiger partial charge in [-0.1, -0.05) is 12.1 Å². The quantitative estimate of drug-likeness (QED) is 0.861. The van der Waals surface area contributed by atoms with Gasteiger partial charge in [0.15, 0.2) is 0 Å². The highest BCUT2D eigenvalue weighted by Gasteiger charge is 2.06. The number of carbonyl (C=O) groups is 2. The average Bonchev–Trinajstić information content (AvgIpc) is 2.60. The summed E-state index contributed by atoms with van der Waals surface area (Å²) in [5, 5.41) is 2.57. The number of hydrogen-bond acceptors (Lipinski definition) is 3. The number of benzene rings is 1. The van der Waals surface area contributed by atoms with Crippen LogP contribution in [-0.2, 0) is 11.3 Å². The molecule has 1 N–H and O–H groups in total. The van der Waals surface area contributed by atoms with Crippen LogP contribution in [0.15, 0.2) is 54.9 Å². The third kappa shape index (κ3) is 4.78. The minimum Gasteiger partial charge on any atom is -0.355 e. The molecule has 0 bridgehead atoms. The van der Waals surface area contributed by atoms with Gasteiger partial charge in [-0.2, -0.15) is 0 Å². The van der Waals surface area contributed by atoms with E-state index >= 15 is 0 Å². The Labute approximate surface area is 135 Å². The van der Waals surface area contributed by atoms with Gasteiger partial charge in [-0.3, -0.25) is 14.6 Å². The van der Waals surface area contributed by atoms with Crippen LogP contribution in [0.3, 0.4) is 0 Å². The van der Waals surface area contributed by atoms with Crippen LogP contribution < -0.4 is 5.32 Å². The van der Waals surface area contributed by atoms with Gasteiger partial charge in [-0.15, -0.1) is 0 Å². The first-order chi connectivity index (χ1) is 11.1. The van der Waals surface area contributed by atoms with Gasteiger partial charge >= 0.3 is 0 Å². The highest BCUT2D eigenvalue weighted by Crippen LogP contribution is 2.07. The summed E-state index contributed by atoms with van der Waals surface area (Å²) in [5.41, 5.74) is 2.48. The largest absolute Gasteiger partial charge is 0.355 e. The molecular weight excluding hydrogens is 290 g/mol. The summed E-state index contributed by atoms with van der Waals surface area (Å²) in [6.07, 6.45) is 6.67. The Morgan fingerprint density at radius 2 is 1.78 bits per heavy atom. The molecule has 23 heavy (non-hydrogen) atoms. The summed E-state index contributed by atoms with van der Waals surface area (Å²) in [7, 11) is 3.34. The van der Waals surface area contributed by atoms with E-state index in [9.17, 15) is 9.59 Å². The van der Waals surface area contributed by atoms with Crippen molar-refractivity contribution in [3.63, 3.8) is 0 Å². The predicted octanol–water partition coefficient (Wildman–Crippen LogP) is 2.11. The molecule has 1 heterocycles. The van der Waals surface area contributed by atoms with E-state index in [4.69, 9.17) is 0 Å². The lowest BCUT2D eigenvalue weighted by molar-refractivity contribution is -0.125. The van der Waals surface area contributed by atoms with Gasteiger partial charge < -0.3 is 10.2 Å². The zero-order chi connectivity index (χ0) is 16.7. The Kier molecular flexibility index (Phi) is 5.63. The van der Waals surface area contributed by atoms with Crippen LogP contribution in [0.2, 0.25) is 0 Å². The summed E-state index contributed by atoms with van der Waals surface area (Å²) in [6.45, 7) is 0.529. The van der Waals surface area contributed by atoms with E-state index in [-0.39, 0.29) is 11.8 Å². The second-order valence-electron chi connectivity index (χ2n) is 5.08. The van der Waals surface area contributed by atoms with E-state index < -0.39 is 0 Å². The monoisotopic (exact) mass is 309 g/mol. The number of pyridine rings is 1. The summed E-state index contributed by atoms with van der Waals surface area (Å²) in [4.78, 5) is 29.1. The summed E-state index contributed by atoms with van der Waals surface area (Å²) in [6, 6.07) is 10.8. The third-order valence-corrected chi connectivity index (χ3v) is 3.36. The maximum atomic E-state index is 12.1. The van der Waals surface area contributed by atoms with Gasteiger partial charge in [0, 0.05) is 44.7 Å². The normalized spacial score (nSPS) is 10.5. The Balaban J connectivity index is 1.96. The zero-order valence-corrected chi connectivity index (χ0v) is 13.2. The van der Waals surface area contributed by atoms with Crippen LogP contribution in [0.1, 0.15) is 21.5 Å². The van der Waals surface area contributed by atoms with Gasteiger partial charge in [-0.05, 0) is 41.5 Å². The van der Waals surface area contributed by atoms with Crippen molar-refractivity contribution in [3.05, 3.63) is 71.6 Å². The van der Waals surface area contributed by atoms with Gasteiger partial charge in [0.05, 0.1) is 0 Å². The summed E-state index contributed by atoms with van der Waals surface area (Å²) in [5.74, 6) is -0.217. The number of nitrogens with zero attached hydrogens (tertiary/aromatic N) is 2. The van der Waals surface area contributed by atoms with E-state index in [1.54, 1.807) is 61.7 Å². The number of aromatic nitrogens is 1. The van der Waals surface area contributed by atoms with Crippen molar-refractivity contribution in [2.24, 2.45) is 0 Å². The fraction of sp³-hybridized carbons (Fsp3) is 0.167. The number of rotatable bonds is 5. The van der Waals surface area contributed by atoms with E-state index in [1.807, 2.05) is 12.1 Å². The molecule has 0 radical (unpaired) electrons. The first-order valence-corrected chi connectivity index (χ1v) is 7.24. The Morgan fingerprint density at radius 3 is 2.39 bits per heavy atom. The van der Waals surface area contributed by atoms with Crippen molar-refractivity contribution in [2.75, 3.05) is 14.1 Å². The minimum atomic E-state index is -0.131. The molecule has 0 spiro atoms. The molecule has 2 amide bonds. The Bertz CT molecular complexity index is 694. The van der Waals surface area contributed by atoms with Crippen LogP contribution in [0.25, 0.3) is 6.08 Å². The van der Waals surface area contributed by atoms with Crippen molar-refractivity contribution in [1.29, 1.82) is 0 Å². The molecular formula is C18H19N3O2. The lowest BCUT2D eigenvalue weighted by Crippen LogP contribution is -2.24. The molecule has 2 rings (SSSR count). The molecule has 0 aliphatic rings. The van der Waals surface area contributed by atoms with E-state index in [2.05, 4.69) is 10.3 Å². The zero-order valence-electron chi connectivity index (χ0n) is 13.2. The van der Waals surface area contributed by atoms with Crippen molar-refractivity contribution >= 4 is 17.9 Å². The number of amides is 2. The molecule has 1 aromatic heterocycles. The molecule has 0 saturated heterocycles. The number of nitrogens with one attached hydrogen (secondary N) is 1. The smallest absolute Gasteiger partial charge is 0.251 e. The van der Waals surface area contributed by atoms with Gasteiger partial charge in [0.25, 0.3) is 5.91 Å². The van der Waals surface area contributed by atoms with Crippen LogP contribution in [0.5, 0.6) is 0 Å². The standard InChI is InChI=1S/C18H19N3O2/c1-19-18(23)16-6-3-14(4-7-16)5-8-17(22)21(2)13-15-9-11-20-12-10-15/h3-12H,13H2,1-2H3,(H,19,23). The highest BCUT2D eigenvalue weighted by atomic mass is 16.2. The molecule has 0 saturated carbocycles. The molecule has 0 atom stereocenters. The Morgan fingerprint density at radius 1 is 1.13 bits per heavy atom. The molecule has 1 aromatic carbocycles. The van der Waals surface area contributed by atoms with E-state index in [1.165, 1.54) is 6.08 Å². The minimum absolute atomic E-state index is 0.0859. The second-order valence-corrected chi connectivity index (χ2v) is 5.08. The predicted molar refractivity (Wildman–Crippen MR) is 89.6 cm³/mol. The SMILES string of the molecule is CNC(=O)c1ccc(C=CC(=O)N(C)Cc2ccncc2)cc1. The van der Waals surface area contributed by atoms with Crippen molar-refractivity contribution in [3.8, 4) is 0 Å². The Hall–Kier alpha value is -2.95. The summed E-state index contributed by atoms with van der Waals surface area (Å²) >= 11 is 0. The lowest BCUT2D eigenvalue weighted by atomic mass is 10.1. The molecule has 0 aliphatic heterocycles. The highest BCUT2D eigenvalue weighted by molar-refractivity contribution is 5.94. The van der Waals surface area contributed by atoms with Crippen molar-refractivity contribution in [2.45, 2.75) is 6.54 Å². The fourth-order valence-electron chi connectivity index (χ4n) is 2.02. The number of hydrogen-bond donors (Lipinski definition) is 1. The fourth-order valence-corrected chi connectivity index (χ4v) is 2.02. The first-order valence-electron chi connectivity index (χ1n) is 7.24. The maximum absolute atomic E-state index is 12.1. The van der Waals surface area contributed by atoms with Crippen LogP contribution in [0.4, 0.5) is 0 Å². The maximum Gasteiger partial charge on any atom is 0.251 e. The molecule has 0 aliphatic carbocycles. The van der Waals surface area contributed by atoms with Crippen LogP contribution in [-0.4, -0.2) is 35.8 Å². The molecule has 118 valence electrons. The van der Waals surface area contributed by atoms with Crippen molar-refractivity contribution in [1.82, 2.24) is 15.2 Å². The molecule has 5 nitrogen and oxygen atoms in total. The topological polar surface area (TPSA) is 62.3 Å². The number of carbonyl (C=O) groups excluding carboxylic acids is 2.